The fourth-order valence-corrected chi connectivity index (χ4v) is 2.41. The minimum absolute atomic E-state index is 0.0391. The largest absolute Gasteiger partial charge is 0.381 e. The maximum Gasteiger partial charge on any atom is 0.225 e. The Bertz CT molecular complexity index is 470. The fourth-order valence-electron chi connectivity index (χ4n) is 2.41. The van der Waals surface area contributed by atoms with Crippen LogP contribution in [0.1, 0.15) is 33.1 Å². The minimum atomic E-state index is -0.316. The van der Waals surface area contributed by atoms with Crippen LogP contribution in [0.4, 0.5) is 15.8 Å². The minimum Gasteiger partial charge on any atom is -0.381 e. The molecule has 1 unspecified atom stereocenters. The van der Waals surface area contributed by atoms with Crippen LogP contribution in [0.3, 0.4) is 0 Å². The van der Waals surface area contributed by atoms with E-state index >= 15 is 0 Å². The molecule has 3 N–H and O–H groups in total. The van der Waals surface area contributed by atoms with Gasteiger partial charge in [-0.25, -0.2) is 4.39 Å². The van der Waals surface area contributed by atoms with Gasteiger partial charge in [0.25, 0.3) is 0 Å². The standard InChI is InChI=1S/C15H22FN3O/c1-10(2)18-14-8-11(16)5-6-13(14)19-15(20)9-12-4-3-7-17-12/h5-6,8,10,12,17-18H,3-4,7,9H2,1-2H3,(H,19,20). The number of halogens is 1. The SMILES string of the molecule is CC(C)Nc1cc(F)ccc1NC(=O)CC1CCCN1. The van der Waals surface area contributed by atoms with Crippen molar-refractivity contribution >= 4 is 17.3 Å². The van der Waals surface area contributed by atoms with Gasteiger partial charge in [-0.2, -0.15) is 0 Å². The van der Waals surface area contributed by atoms with Crippen LogP contribution in [0, 0.1) is 5.82 Å². The molecular weight excluding hydrogens is 257 g/mol. The van der Waals surface area contributed by atoms with Crippen LogP contribution in [0.25, 0.3) is 0 Å². The van der Waals surface area contributed by atoms with Gasteiger partial charge in [0.15, 0.2) is 0 Å². The normalized spacial score (nSPS) is 18.3. The number of carbonyl (C=O) groups excluding carboxylic acids is 1. The summed E-state index contributed by atoms with van der Waals surface area (Å²) in [5, 5.41) is 9.30. The molecule has 1 amide bonds. The quantitative estimate of drug-likeness (QED) is 0.777. The van der Waals surface area contributed by atoms with Gasteiger partial charge in [-0.15, -0.1) is 0 Å². The van der Waals surface area contributed by atoms with Gasteiger partial charge in [0.2, 0.25) is 5.91 Å². The molecule has 1 aromatic carbocycles. The summed E-state index contributed by atoms with van der Waals surface area (Å²) in [6.45, 7) is 4.92. The lowest BCUT2D eigenvalue weighted by molar-refractivity contribution is -0.116. The number of hydrogen-bond acceptors (Lipinski definition) is 3. The van der Waals surface area contributed by atoms with Crippen LogP contribution >= 0.6 is 0 Å². The van der Waals surface area contributed by atoms with E-state index in [0.717, 1.165) is 19.4 Å². The molecule has 1 aromatic rings. The Morgan fingerprint density at radius 2 is 2.25 bits per heavy atom. The number of benzene rings is 1. The van der Waals surface area contributed by atoms with Crippen molar-refractivity contribution < 1.29 is 9.18 Å². The van der Waals surface area contributed by atoms with Crippen LogP contribution in [-0.2, 0) is 4.79 Å². The van der Waals surface area contributed by atoms with Gasteiger partial charge in [0.05, 0.1) is 11.4 Å². The molecule has 0 spiro atoms. The van der Waals surface area contributed by atoms with E-state index < -0.39 is 0 Å². The Hall–Kier alpha value is -1.62. The Morgan fingerprint density at radius 3 is 2.90 bits per heavy atom. The third-order valence-corrected chi connectivity index (χ3v) is 3.29. The van der Waals surface area contributed by atoms with E-state index in [1.807, 2.05) is 13.8 Å². The van der Waals surface area contributed by atoms with Crippen LogP contribution in [0.2, 0.25) is 0 Å². The second-order valence-corrected chi connectivity index (χ2v) is 5.53. The van der Waals surface area contributed by atoms with Gasteiger partial charge in [-0.1, -0.05) is 0 Å². The van der Waals surface area contributed by atoms with E-state index in [1.165, 1.54) is 12.1 Å². The van der Waals surface area contributed by atoms with Crippen molar-refractivity contribution in [2.75, 3.05) is 17.2 Å². The molecule has 2 rings (SSSR count). The van der Waals surface area contributed by atoms with Crippen molar-refractivity contribution in [1.29, 1.82) is 0 Å². The first-order valence-corrected chi connectivity index (χ1v) is 7.14. The molecule has 0 aromatic heterocycles. The smallest absolute Gasteiger partial charge is 0.225 e. The third kappa shape index (κ3) is 4.20. The average molecular weight is 279 g/mol. The first kappa shape index (κ1) is 14.8. The monoisotopic (exact) mass is 279 g/mol. The molecule has 20 heavy (non-hydrogen) atoms. The average Bonchev–Trinajstić information content (AvgIpc) is 2.84. The Balaban J connectivity index is 2.01. The zero-order valence-electron chi connectivity index (χ0n) is 12.0. The van der Waals surface area contributed by atoms with Crippen molar-refractivity contribution in [2.45, 2.75) is 45.2 Å². The highest BCUT2D eigenvalue weighted by atomic mass is 19.1. The molecule has 5 heteroatoms. The number of carbonyl (C=O) groups is 1. The zero-order chi connectivity index (χ0) is 14.5. The molecule has 110 valence electrons. The van der Waals surface area contributed by atoms with Crippen molar-refractivity contribution in [1.82, 2.24) is 5.32 Å². The van der Waals surface area contributed by atoms with Crippen molar-refractivity contribution in [3.05, 3.63) is 24.0 Å². The highest BCUT2D eigenvalue weighted by molar-refractivity contribution is 5.94. The summed E-state index contributed by atoms with van der Waals surface area (Å²) in [5.74, 6) is -0.355. The molecule has 0 aliphatic carbocycles. The summed E-state index contributed by atoms with van der Waals surface area (Å²) in [6, 6.07) is 4.79. The first-order valence-electron chi connectivity index (χ1n) is 7.14. The molecule has 1 saturated heterocycles. The summed E-state index contributed by atoms with van der Waals surface area (Å²) >= 11 is 0. The molecule has 1 aliphatic rings. The summed E-state index contributed by atoms with van der Waals surface area (Å²) in [7, 11) is 0. The first-order chi connectivity index (χ1) is 9.54. The lowest BCUT2D eigenvalue weighted by Gasteiger charge is -2.16. The van der Waals surface area contributed by atoms with Crippen LogP contribution in [-0.4, -0.2) is 24.5 Å². The summed E-state index contributed by atoms with van der Waals surface area (Å²) in [6.07, 6.45) is 2.61. The highest BCUT2D eigenvalue weighted by Gasteiger charge is 2.18. The van der Waals surface area contributed by atoms with E-state index in [9.17, 15) is 9.18 Å². The Morgan fingerprint density at radius 1 is 1.45 bits per heavy atom. The number of anilines is 2. The van der Waals surface area contributed by atoms with Gasteiger partial charge < -0.3 is 16.0 Å². The lowest BCUT2D eigenvalue weighted by atomic mass is 10.1. The van der Waals surface area contributed by atoms with Gasteiger partial charge in [-0.3, -0.25) is 4.79 Å². The molecule has 1 aliphatic heterocycles. The molecular formula is C15H22FN3O. The number of rotatable bonds is 5. The maximum atomic E-state index is 13.3. The highest BCUT2D eigenvalue weighted by Crippen LogP contribution is 2.24. The molecule has 1 atom stereocenters. The zero-order valence-corrected chi connectivity index (χ0v) is 12.0. The van der Waals surface area contributed by atoms with Crippen LogP contribution in [0.15, 0.2) is 18.2 Å². The van der Waals surface area contributed by atoms with E-state index in [0.29, 0.717) is 17.8 Å². The Kier molecular flexibility index (Phi) is 4.95. The molecule has 0 radical (unpaired) electrons. The number of nitrogens with one attached hydrogen (secondary N) is 3. The molecule has 1 fully saturated rings. The molecule has 0 bridgehead atoms. The van der Waals surface area contributed by atoms with E-state index in [1.54, 1.807) is 6.07 Å². The van der Waals surface area contributed by atoms with Gasteiger partial charge in [0.1, 0.15) is 5.82 Å². The van der Waals surface area contributed by atoms with Crippen molar-refractivity contribution in [2.24, 2.45) is 0 Å². The van der Waals surface area contributed by atoms with Gasteiger partial charge in [-0.05, 0) is 51.4 Å². The van der Waals surface area contributed by atoms with Gasteiger partial charge >= 0.3 is 0 Å². The van der Waals surface area contributed by atoms with Crippen molar-refractivity contribution in [3.8, 4) is 0 Å². The second kappa shape index (κ2) is 6.70. The molecule has 0 saturated carbocycles. The van der Waals surface area contributed by atoms with Crippen molar-refractivity contribution in [3.63, 3.8) is 0 Å². The Labute approximate surface area is 119 Å². The van der Waals surface area contributed by atoms with E-state index in [2.05, 4.69) is 16.0 Å². The number of hydrogen-bond donors (Lipinski definition) is 3. The number of amides is 1. The summed E-state index contributed by atoms with van der Waals surface area (Å²) < 4.78 is 13.3. The molecule has 1 heterocycles. The summed E-state index contributed by atoms with van der Waals surface area (Å²) in [4.78, 5) is 12.0. The summed E-state index contributed by atoms with van der Waals surface area (Å²) in [5.41, 5.74) is 1.25. The van der Waals surface area contributed by atoms with Crippen LogP contribution < -0.4 is 16.0 Å². The predicted octanol–water partition coefficient (Wildman–Crippen LogP) is 2.73. The predicted molar refractivity (Wildman–Crippen MR) is 79.4 cm³/mol. The maximum absolute atomic E-state index is 13.3. The lowest BCUT2D eigenvalue weighted by Crippen LogP contribution is -2.27. The fraction of sp³-hybridized carbons (Fsp3) is 0.533. The topological polar surface area (TPSA) is 53.2 Å². The molecule has 4 nitrogen and oxygen atoms in total. The van der Waals surface area contributed by atoms with E-state index in [-0.39, 0.29) is 23.8 Å². The van der Waals surface area contributed by atoms with Crippen LogP contribution in [0.5, 0.6) is 0 Å². The third-order valence-electron chi connectivity index (χ3n) is 3.29. The second-order valence-electron chi connectivity index (χ2n) is 5.53. The van der Waals surface area contributed by atoms with Gasteiger partial charge in [0, 0.05) is 18.5 Å². The van der Waals surface area contributed by atoms with E-state index in [4.69, 9.17) is 0 Å².